The third-order valence-corrected chi connectivity index (χ3v) is 18.1. The molecule has 2 saturated heterocycles. The molecule has 3 aliphatic rings. The van der Waals surface area contributed by atoms with Crippen molar-refractivity contribution in [3.63, 3.8) is 0 Å². The van der Waals surface area contributed by atoms with Gasteiger partial charge in [0, 0.05) is 24.8 Å². The van der Waals surface area contributed by atoms with Gasteiger partial charge in [0.2, 0.25) is 0 Å². The van der Waals surface area contributed by atoms with Gasteiger partial charge in [-0.3, -0.25) is 0 Å². The molecule has 2 fully saturated rings. The first-order chi connectivity index (χ1) is 29.4. The van der Waals surface area contributed by atoms with Gasteiger partial charge >= 0.3 is 5.97 Å². The maximum atomic E-state index is 12.9. The van der Waals surface area contributed by atoms with E-state index in [9.17, 15) is 4.79 Å². The fraction of sp³-hybridized carbons (Fsp3) is 0.685. The number of carbonyl (C=O) groups is 1. The molecule has 0 N–H and O–H groups in total. The lowest BCUT2D eigenvalue weighted by molar-refractivity contribution is -0.303. The fourth-order valence-electron chi connectivity index (χ4n) is 9.91. The number of ether oxygens (including phenoxy) is 4. The van der Waals surface area contributed by atoms with Crippen LogP contribution in [0.1, 0.15) is 190 Å². The Morgan fingerprint density at radius 2 is 1.36 bits per heavy atom. The molecule has 0 spiro atoms. The van der Waals surface area contributed by atoms with Crippen LogP contribution in [0.5, 0.6) is 0 Å². The molecule has 0 radical (unpaired) electrons. The molecule has 3 aliphatic heterocycles. The van der Waals surface area contributed by atoms with E-state index in [0.29, 0.717) is 6.42 Å². The molecule has 0 saturated carbocycles. The van der Waals surface area contributed by atoms with Crippen LogP contribution in [0.25, 0.3) is 0 Å². The number of unbranched alkanes of at least 4 members (excludes halogenated alkanes) is 14. The highest BCUT2D eigenvalue weighted by Gasteiger charge is 2.51. The van der Waals surface area contributed by atoms with Crippen LogP contribution < -0.4 is 10.4 Å². The Labute approximate surface area is 372 Å². The summed E-state index contributed by atoms with van der Waals surface area (Å²) in [5.74, 6) is 6.04. The summed E-state index contributed by atoms with van der Waals surface area (Å²) in [6, 6.07) is 21.6. The lowest BCUT2D eigenvalue weighted by atomic mass is 10.00. The van der Waals surface area contributed by atoms with Crippen molar-refractivity contribution in [3.8, 4) is 11.8 Å². The van der Waals surface area contributed by atoms with Crippen molar-refractivity contribution in [2.75, 3.05) is 0 Å². The zero-order valence-electron chi connectivity index (χ0n) is 39.3. The molecule has 6 nitrogen and oxygen atoms in total. The fourth-order valence-corrected chi connectivity index (χ4v) is 14.6. The third-order valence-electron chi connectivity index (χ3n) is 13.0. The van der Waals surface area contributed by atoms with Crippen molar-refractivity contribution in [2.24, 2.45) is 0 Å². The summed E-state index contributed by atoms with van der Waals surface area (Å²) in [7, 11) is -2.80. The van der Waals surface area contributed by atoms with E-state index in [1.165, 1.54) is 87.4 Å². The Balaban J connectivity index is 1.08. The summed E-state index contributed by atoms with van der Waals surface area (Å²) in [6.07, 6.45) is 27.7. The molecule has 338 valence electrons. The first-order valence-electron chi connectivity index (χ1n) is 24.6. The van der Waals surface area contributed by atoms with E-state index in [4.69, 9.17) is 23.4 Å². The van der Waals surface area contributed by atoms with Crippen LogP contribution in [0, 0.1) is 11.8 Å². The molecule has 0 unspecified atom stereocenters. The predicted molar refractivity (Wildman–Crippen MR) is 254 cm³/mol. The van der Waals surface area contributed by atoms with Gasteiger partial charge in [0.05, 0.1) is 24.4 Å². The summed E-state index contributed by atoms with van der Waals surface area (Å²) in [5.41, 5.74) is 0.743. The lowest BCUT2D eigenvalue weighted by Crippen LogP contribution is -2.67. The first-order valence-corrected chi connectivity index (χ1v) is 26.5. The normalized spacial score (nSPS) is 23.3. The standard InChI is InChI=1S/C54H82O6Si/c1-8-9-10-11-12-13-14-15-16-17-18-19-20-24-32-46-42-51(59-54(6,7)58-46)50-39-38-45(57-50)31-25-21-26-33-47(41-44-40-43(2)56-52(44)55)60-61(53(3,4)5,48-34-27-22-28-35-48)49-36-29-23-30-37-49/h22-23,27-30,34-37,40,43,45-47,50-51H,8-21,25-26,31,33,38-39,41-42H2,1-7H3/t43-,45+,46+,47+,50-,51-/m0/s1. The van der Waals surface area contributed by atoms with Crippen LogP contribution in [0.15, 0.2) is 72.3 Å². The minimum atomic E-state index is -2.80. The van der Waals surface area contributed by atoms with Crippen molar-refractivity contribution in [1.29, 1.82) is 0 Å². The minimum absolute atomic E-state index is 0.00150. The van der Waals surface area contributed by atoms with Crippen LogP contribution in [0.4, 0.5) is 0 Å². The molecule has 7 heteroatoms. The summed E-state index contributed by atoms with van der Waals surface area (Å²) in [6.45, 7) is 15.2. The quantitative estimate of drug-likeness (QED) is 0.0429. The van der Waals surface area contributed by atoms with Crippen LogP contribution in [-0.4, -0.2) is 56.7 Å². The summed E-state index contributed by atoms with van der Waals surface area (Å²) >= 11 is 0. The van der Waals surface area contributed by atoms with Crippen molar-refractivity contribution in [2.45, 2.75) is 237 Å². The van der Waals surface area contributed by atoms with Crippen molar-refractivity contribution < 1.29 is 28.2 Å². The average molecular weight is 855 g/mol. The first kappa shape index (κ1) is 49.3. The number of hydrogen-bond donors (Lipinski definition) is 0. The van der Waals surface area contributed by atoms with E-state index in [2.05, 4.69) is 100 Å². The van der Waals surface area contributed by atoms with Crippen LogP contribution >= 0.6 is 0 Å². The Bertz CT molecular complexity index is 1620. The molecule has 0 bridgehead atoms. The maximum absolute atomic E-state index is 12.9. The second-order valence-electron chi connectivity index (χ2n) is 19.8. The van der Waals surface area contributed by atoms with Crippen LogP contribution in [-0.2, 0) is 28.2 Å². The van der Waals surface area contributed by atoms with Crippen LogP contribution in [0.2, 0.25) is 5.04 Å². The highest BCUT2D eigenvalue weighted by Crippen LogP contribution is 2.40. The summed E-state index contributed by atoms with van der Waals surface area (Å²) in [5, 5.41) is 2.37. The van der Waals surface area contributed by atoms with Gasteiger partial charge in [0.1, 0.15) is 12.2 Å². The van der Waals surface area contributed by atoms with E-state index in [-0.39, 0.29) is 47.6 Å². The molecule has 0 aliphatic carbocycles. The maximum Gasteiger partial charge on any atom is 0.334 e. The van der Waals surface area contributed by atoms with Gasteiger partial charge < -0.3 is 23.4 Å². The Morgan fingerprint density at radius 3 is 1.93 bits per heavy atom. The molecule has 0 amide bonds. The second kappa shape index (κ2) is 24.9. The highest BCUT2D eigenvalue weighted by molar-refractivity contribution is 6.99. The number of benzene rings is 2. The molecule has 5 rings (SSSR count). The largest absolute Gasteiger partial charge is 0.455 e. The molecule has 6 atom stereocenters. The Morgan fingerprint density at radius 1 is 0.770 bits per heavy atom. The van der Waals surface area contributed by atoms with Gasteiger partial charge in [-0.05, 0) is 74.4 Å². The Hall–Kier alpha value is -2.73. The van der Waals surface area contributed by atoms with Crippen molar-refractivity contribution >= 4 is 24.7 Å². The zero-order chi connectivity index (χ0) is 43.6. The van der Waals surface area contributed by atoms with E-state index in [1.54, 1.807) is 0 Å². The molecule has 61 heavy (non-hydrogen) atoms. The predicted octanol–water partition coefficient (Wildman–Crippen LogP) is 12.7. The molecule has 3 heterocycles. The van der Waals surface area contributed by atoms with E-state index in [0.717, 1.165) is 63.4 Å². The van der Waals surface area contributed by atoms with Gasteiger partial charge in [-0.2, -0.15) is 0 Å². The number of rotatable bonds is 25. The van der Waals surface area contributed by atoms with Crippen molar-refractivity contribution in [1.82, 2.24) is 0 Å². The zero-order valence-corrected chi connectivity index (χ0v) is 40.3. The molecular formula is C54H82O6Si. The average Bonchev–Trinajstić information content (AvgIpc) is 3.84. The Kier molecular flexibility index (Phi) is 20.1. The lowest BCUT2D eigenvalue weighted by Gasteiger charge is -2.45. The molecular weight excluding hydrogens is 773 g/mol. The highest BCUT2D eigenvalue weighted by atomic mass is 28.4. The third kappa shape index (κ3) is 15.5. The SMILES string of the molecule is CCCCCCCCCCCCCCC#C[C@@H]1C[C@@H]([C@@H]2CC[C@@H](CCCCC[C@H](CC3=C[C@H](C)OC3=O)O[Si](c3ccccc3)(c3ccccc3)C(C)(C)C)O2)OC(C)(C)O1. The summed E-state index contributed by atoms with van der Waals surface area (Å²) < 4.78 is 32.6. The minimum Gasteiger partial charge on any atom is -0.455 e. The van der Waals surface area contributed by atoms with E-state index in [1.807, 2.05) is 26.8 Å². The topological polar surface area (TPSA) is 63.2 Å². The van der Waals surface area contributed by atoms with E-state index < -0.39 is 14.1 Å². The monoisotopic (exact) mass is 855 g/mol. The van der Waals surface area contributed by atoms with Crippen molar-refractivity contribution in [3.05, 3.63) is 72.3 Å². The van der Waals surface area contributed by atoms with Crippen LogP contribution in [0.3, 0.4) is 0 Å². The number of hydrogen-bond acceptors (Lipinski definition) is 6. The second-order valence-corrected chi connectivity index (χ2v) is 24.0. The molecule has 0 aromatic heterocycles. The number of cyclic esters (lactones) is 1. The van der Waals surface area contributed by atoms with Gasteiger partial charge in [-0.25, -0.2) is 4.79 Å². The van der Waals surface area contributed by atoms with Gasteiger partial charge in [-0.15, -0.1) is 5.92 Å². The molecule has 2 aromatic carbocycles. The van der Waals surface area contributed by atoms with Gasteiger partial charge in [0.25, 0.3) is 8.32 Å². The van der Waals surface area contributed by atoms with E-state index >= 15 is 0 Å². The number of esters is 1. The smallest absolute Gasteiger partial charge is 0.334 e. The van der Waals surface area contributed by atoms with Gasteiger partial charge in [-0.1, -0.05) is 184 Å². The summed E-state index contributed by atoms with van der Waals surface area (Å²) in [4.78, 5) is 12.9. The van der Waals surface area contributed by atoms with Gasteiger partial charge in [0.15, 0.2) is 5.79 Å². The molecule has 2 aromatic rings. The number of carbonyl (C=O) groups excluding carboxylic acids is 1.